The summed E-state index contributed by atoms with van der Waals surface area (Å²) in [4.78, 5) is 51.3. The van der Waals surface area contributed by atoms with Crippen molar-refractivity contribution in [2.45, 2.75) is 30.6 Å². The lowest BCUT2D eigenvalue weighted by Crippen LogP contribution is -2.68. The third-order valence-electron chi connectivity index (χ3n) is 7.57. The van der Waals surface area contributed by atoms with Crippen LogP contribution in [-0.4, -0.2) is 90.8 Å². The molecule has 6 atom stereocenters. The van der Waals surface area contributed by atoms with Gasteiger partial charge in [0.05, 0.1) is 23.6 Å². The molecule has 8 N–H and O–H groups in total. The summed E-state index contributed by atoms with van der Waals surface area (Å²) >= 11 is 0. The van der Waals surface area contributed by atoms with Gasteiger partial charge in [0, 0.05) is 23.1 Å². The van der Waals surface area contributed by atoms with Crippen molar-refractivity contribution in [3.63, 3.8) is 0 Å². The Bertz CT molecular complexity index is 1360. The second-order valence-electron chi connectivity index (χ2n) is 9.69. The van der Waals surface area contributed by atoms with Crippen molar-refractivity contribution >= 4 is 29.5 Å². The number of phenolic OH excluding ortho intramolecular Hbond substituents is 1. The van der Waals surface area contributed by atoms with Gasteiger partial charge in [-0.2, -0.15) is 0 Å². The van der Waals surface area contributed by atoms with Gasteiger partial charge in [-0.15, -0.1) is 0 Å². The third kappa shape index (κ3) is 3.40. The molecule has 0 spiro atoms. The van der Waals surface area contributed by atoms with E-state index in [2.05, 4.69) is 0 Å². The average Bonchev–Trinajstić information content (AvgIpc) is 2.80. The lowest BCUT2D eigenvalue weighted by atomic mass is 9.55. The zero-order chi connectivity index (χ0) is 27.7. The number of carbonyl (C=O) groups excluding carboxylic acids is 3. The Hall–Kier alpha value is -4.00. The molecule has 4 rings (SSSR count). The Morgan fingerprint density at radius 3 is 2.30 bits per heavy atom. The van der Waals surface area contributed by atoms with Gasteiger partial charge in [-0.3, -0.25) is 19.3 Å². The highest BCUT2D eigenvalue weighted by atomic mass is 16.4. The monoisotopic (exact) mass is 514 g/mol. The van der Waals surface area contributed by atoms with E-state index in [4.69, 9.17) is 10.8 Å². The van der Waals surface area contributed by atoms with Gasteiger partial charge in [0.2, 0.25) is 5.78 Å². The largest absolute Gasteiger partial charge is 0.510 e. The van der Waals surface area contributed by atoms with Gasteiger partial charge < -0.3 is 36.4 Å². The summed E-state index contributed by atoms with van der Waals surface area (Å²) in [5.74, 6) is -11.2. The number of aliphatic carboxylic acids is 1. The van der Waals surface area contributed by atoms with Crippen molar-refractivity contribution in [1.29, 1.82) is 0 Å². The fraction of sp³-hybridized carbons (Fsp3) is 0.360. The van der Waals surface area contributed by atoms with E-state index in [-0.39, 0.29) is 16.7 Å². The van der Waals surface area contributed by atoms with Crippen molar-refractivity contribution in [2.75, 3.05) is 14.1 Å². The normalized spacial score (nSPS) is 31.5. The number of hydrogen-bond acceptors (Lipinski definition) is 10. The first kappa shape index (κ1) is 26.1. The fourth-order valence-electron chi connectivity index (χ4n) is 5.93. The maximum Gasteiger partial charge on any atom is 0.328 e. The van der Waals surface area contributed by atoms with Crippen LogP contribution in [0.2, 0.25) is 0 Å². The summed E-state index contributed by atoms with van der Waals surface area (Å²) in [6.45, 7) is 1.60. The molecule has 0 bridgehead atoms. The minimum absolute atomic E-state index is 0.0153. The number of fused-ring (bicyclic) bond motifs is 3. The van der Waals surface area contributed by atoms with Gasteiger partial charge in [-0.1, -0.05) is 19.1 Å². The Morgan fingerprint density at radius 2 is 1.76 bits per heavy atom. The number of ketones is 2. The number of carboxylic acid groups (broad SMARTS) is 1. The third-order valence-corrected chi connectivity index (χ3v) is 7.57. The number of Topliss-reactive ketones (excluding diaryl/α,β-unsaturated/α-hetero) is 2. The molecule has 3 aliphatic rings. The number of phenols is 1. The van der Waals surface area contributed by atoms with E-state index in [1.165, 1.54) is 31.1 Å². The summed E-state index contributed by atoms with van der Waals surface area (Å²) in [6.07, 6.45) is 0.126. The van der Waals surface area contributed by atoms with E-state index >= 15 is 0 Å². The Morgan fingerprint density at radius 1 is 1.14 bits per heavy atom. The second-order valence-corrected chi connectivity index (χ2v) is 9.69. The number of nitrogens with two attached hydrogens (primary N) is 1. The SMILES string of the molecule is CC1c2ccc(/C=C/C(=O)O)c(O)c2C(=O)C2=C(O)C3(O)C(=O)C(C(N)=O)=C(O)C(N(C)C)C3C(O)C21. The number of primary amides is 1. The molecule has 3 aliphatic carbocycles. The van der Waals surface area contributed by atoms with Crippen molar-refractivity contribution in [2.24, 2.45) is 17.6 Å². The van der Waals surface area contributed by atoms with Crippen LogP contribution < -0.4 is 5.73 Å². The number of carboxylic acids is 1. The van der Waals surface area contributed by atoms with Gasteiger partial charge in [0.1, 0.15) is 22.8 Å². The van der Waals surface area contributed by atoms with Crippen LogP contribution in [0.4, 0.5) is 0 Å². The molecule has 0 radical (unpaired) electrons. The van der Waals surface area contributed by atoms with Crippen LogP contribution in [0.25, 0.3) is 6.08 Å². The number of rotatable bonds is 4. The first-order valence-electron chi connectivity index (χ1n) is 11.3. The minimum Gasteiger partial charge on any atom is -0.510 e. The molecule has 37 heavy (non-hydrogen) atoms. The maximum atomic E-state index is 13.7. The van der Waals surface area contributed by atoms with E-state index in [9.17, 15) is 44.7 Å². The van der Waals surface area contributed by atoms with Crippen molar-refractivity contribution in [3.8, 4) is 5.75 Å². The average molecular weight is 514 g/mol. The molecular weight excluding hydrogens is 488 g/mol. The van der Waals surface area contributed by atoms with Crippen LogP contribution in [0.1, 0.15) is 34.3 Å². The predicted octanol–water partition coefficient (Wildman–Crippen LogP) is -0.250. The molecule has 1 aromatic rings. The van der Waals surface area contributed by atoms with Crippen LogP contribution in [0.5, 0.6) is 5.75 Å². The molecule has 1 amide bonds. The van der Waals surface area contributed by atoms with E-state index in [0.29, 0.717) is 0 Å². The Kier molecular flexibility index (Phi) is 6.02. The first-order chi connectivity index (χ1) is 17.2. The standard InChI is InChI=1S/C25H26N2O10/c1-8-10-6-4-9(5-7-11(28)29)18(30)13(10)19(31)14-12(8)20(32)16-17(27(2)3)21(33)15(24(26)36)23(35)25(16,37)22(14)34/h4-8,12,16-17,20,30,32-34,37H,1-3H3,(H2,26,36)(H,28,29)/b7-5+. The van der Waals surface area contributed by atoms with Crippen LogP contribution in [0, 0.1) is 11.8 Å². The minimum atomic E-state index is -3.00. The number of hydrogen-bond donors (Lipinski definition) is 7. The van der Waals surface area contributed by atoms with Gasteiger partial charge in [0.15, 0.2) is 11.4 Å². The van der Waals surface area contributed by atoms with E-state index < -0.39 is 87.4 Å². The molecule has 6 unspecified atom stereocenters. The van der Waals surface area contributed by atoms with Crippen LogP contribution in [-0.2, 0) is 14.4 Å². The van der Waals surface area contributed by atoms with Gasteiger partial charge in [-0.25, -0.2) is 4.79 Å². The van der Waals surface area contributed by atoms with E-state index in [0.717, 1.165) is 12.2 Å². The fourth-order valence-corrected chi connectivity index (χ4v) is 5.93. The molecule has 0 saturated carbocycles. The quantitative estimate of drug-likeness (QED) is 0.205. The topological polar surface area (TPSA) is 219 Å². The van der Waals surface area contributed by atoms with Crippen molar-refractivity contribution in [3.05, 3.63) is 57.6 Å². The maximum absolute atomic E-state index is 13.7. The molecule has 1 aromatic carbocycles. The van der Waals surface area contributed by atoms with Gasteiger partial charge in [0.25, 0.3) is 5.91 Å². The number of nitrogens with zero attached hydrogens (tertiary/aromatic N) is 1. The number of benzene rings is 1. The summed E-state index contributed by atoms with van der Waals surface area (Å²) < 4.78 is 0. The number of carbonyl (C=O) groups is 4. The number of aromatic hydroxyl groups is 1. The van der Waals surface area contributed by atoms with Crippen molar-refractivity contribution < 1.29 is 49.8 Å². The lowest BCUT2D eigenvalue weighted by molar-refractivity contribution is -0.162. The highest BCUT2D eigenvalue weighted by Crippen LogP contribution is 2.55. The molecule has 12 heteroatoms. The first-order valence-corrected chi connectivity index (χ1v) is 11.3. The summed E-state index contributed by atoms with van der Waals surface area (Å²) in [5, 5.41) is 65.0. The van der Waals surface area contributed by atoms with Gasteiger partial charge in [-0.05, 0) is 31.7 Å². The molecular formula is C25H26N2O10. The molecule has 0 heterocycles. The summed E-state index contributed by atoms with van der Waals surface area (Å²) in [7, 11) is 2.90. The Balaban J connectivity index is 2.01. The predicted molar refractivity (Wildman–Crippen MR) is 126 cm³/mol. The van der Waals surface area contributed by atoms with Crippen LogP contribution in [0.3, 0.4) is 0 Å². The van der Waals surface area contributed by atoms with E-state index in [1.807, 2.05) is 0 Å². The zero-order valence-corrected chi connectivity index (χ0v) is 20.0. The number of aliphatic hydroxyl groups is 4. The summed E-state index contributed by atoms with van der Waals surface area (Å²) in [5.41, 5.74) is 0.732. The zero-order valence-electron chi connectivity index (χ0n) is 20.0. The smallest absolute Gasteiger partial charge is 0.328 e. The van der Waals surface area contributed by atoms with Crippen molar-refractivity contribution in [1.82, 2.24) is 4.90 Å². The highest BCUT2D eigenvalue weighted by molar-refractivity contribution is 6.25. The molecule has 196 valence electrons. The van der Waals surface area contributed by atoms with Gasteiger partial charge >= 0.3 is 5.97 Å². The molecule has 0 fully saturated rings. The number of likely N-dealkylation sites (N-methyl/N-ethyl adjacent to an activating group) is 1. The molecule has 0 saturated heterocycles. The number of aliphatic hydroxyl groups excluding tert-OH is 3. The second kappa shape index (κ2) is 8.54. The Labute approximate surface area is 210 Å². The molecule has 0 aromatic heterocycles. The highest BCUT2D eigenvalue weighted by Gasteiger charge is 2.67. The molecule has 0 aliphatic heterocycles. The number of amides is 1. The summed E-state index contributed by atoms with van der Waals surface area (Å²) in [6, 6.07) is 1.51. The molecule has 12 nitrogen and oxygen atoms in total. The van der Waals surface area contributed by atoms with Crippen LogP contribution in [0.15, 0.2) is 40.9 Å². The lowest BCUT2D eigenvalue weighted by Gasteiger charge is -2.53. The van der Waals surface area contributed by atoms with Crippen LogP contribution >= 0.6 is 0 Å². The van der Waals surface area contributed by atoms with E-state index in [1.54, 1.807) is 6.92 Å².